The van der Waals surface area contributed by atoms with Gasteiger partial charge >= 0.3 is 0 Å². The highest BCUT2D eigenvalue weighted by atomic mass is 14.8. The van der Waals surface area contributed by atoms with E-state index in [0.29, 0.717) is 0 Å². The molecule has 0 saturated carbocycles. The SMILES string of the molecule is C=C/C=C(/CC)N/C=C\C. The first-order valence-electron chi connectivity index (χ1n) is 3.54. The van der Waals surface area contributed by atoms with E-state index in [-0.39, 0.29) is 0 Å². The highest BCUT2D eigenvalue weighted by Gasteiger charge is 1.83. The van der Waals surface area contributed by atoms with Gasteiger partial charge in [-0.15, -0.1) is 0 Å². The topological polar surface area (TPSA) is 12.0 Å². The predicted molar refractivity (Wildman–Crippen MR) is 46.5 cm³/mol. The minimum atomic E-state index is 1.01. The fourth-order valence-electron chi connectivity index (χ4n) is 0.601. The maximum Gasteiger partial charge on any atom is 0.0143 e. The van der Waals surface area contributed by atoms with Crippen LogP contribution in [0.4, 0.5) is 0 Å². The molecule has 0 aromatic rings. The van der Waals surface area contributed by atoms with Crippen molar-refractivity contribution in [2.45, 2.75) is 20.3 Å². The maximum absolute atomic E-state index is 3.62. The zero-order valence-corrected chi connectivity index (χ0v) is 6.72. The summed E-state index contributed by atoms with van der Waals surface area (Å²) >= 11 is 0. The van der Waals surface area contributed by atoms with Crippen molar-refractivity contribution in [2.24, 2.45) is 0 Å². The van der Waals surface area contributed by atoms with Crippen LogP contribution in [0, 0.1) is 0 Å². The molecule has 0 aliphatic rings. The van der Waals surface area contributed by atoms with E-state index in [2.05, 4.69) is 18.8 Å². The molecular weight excluding hydrogens is 122 g/mol. The summed E-state index contributed by atoms with van der Waals surface area (Å²) in [6.07, 6.45) is 8.65. The van der Waals surface area contributed by atoms with Gasteiger partial charge in [0, 0.05) is 5.70 Å². The molecule has 0 spiro atoms. The largest absolute Gasteiger partial charge is 0.365 e. The van der Waals surface area contributed by atoms with E-state index >= 15 is 0 Å². The lowest BCUT2D eigenvalue weighted by Crippen LogP contribution is -2.02. The molecule has 0 fully saturated rings. The smallest absolute Gasteiger partial charge is 0.0143 e. The van der Waals surface area contributed by atoms with Gasteiger partial charge in [-0.2, -0.15) is 0 Å². The van der Waals surface area contributed by atoms with E-state index in [1.807, 2.05) is 25.3 Å². The molecule has 0 heterocycles. The van der Waals surface area contributed by atoms with Gasteiger partial charge in [-0.1, -0.05) is 25.7 Å². The number of hydrogen-bond donors (Lipinski definition) is 1. The molecule has 0 bridgehead atoms. The van der Waals surface area contributed by atoms with Gasteiger partial charge in [-0.3, -0.25) is 0 Å². The molecule has 0 radical (unpaired) electrons. The Morgan fingerprint density at radius 2 is 2.30 bits per heavy atom. The zero-order chi connectivity index (χ0) is 7.82. The predicted octanol–water partition coefficient (Wildman–Crippen LogP) is 2.59. The summed E-state index contributed by atoms with van der Waals surface area (Å²) in [6.45, 7) is 7.70. The third kappa shape index (κ3) is 3.96. The molecular formula is C9H15N. The summed E-state index contributed by atoms with van der Waals surface area (Å²) in [5.74, 6) is 0. The highest BCUT2D eigenvalue weighted by molar-refractivity contribution is 5.10. The summed E-state index contributed by atoms with van der Waals surface area (Å²) in [5, 5.41) is 3.13. The van der Waals surface area contributed by atoms with Crippen LogP contribution < -0.4 is 5.32 Å². The average molecular weight is 137 g/mol. The molecule has 56 valence electrons. The Morgan fingerprint density at radius 1 is 1.60 bits per heavy atom. The lowest BCUT2D eigenvalue weighted by molar-refractivity contribution is 0.943. The van der Waals surface area contributed by atoms with Crippen LogP contribution in [0.15, 0.2) is 36.7 Å². The molecule has 0 aliphatic carbocycles. The summed E-state index contributed by atoms with van der Waals surface area (Å²) in [5.41, 5.74) is 1.19. The second kappa shape index (κ2) is 6.14. The van der Waals surface area contributed by atoms with E-state index in [1.54, 1.807) is 6.08 Å². The van der Waals surface area contributed by atoms with Crippen molar-refractivity contribution in [2.75, 3.05) is 0 Å². The minimum Gasteiger partial charge on any atom is -0.365 e. The van der Waals surface area contributed by atoms with Gasteiger partial charge in [-0.25, -0.2) is 0 Å². The van der Waals surface area contributed by atoms with Crippen LogP contribution in [0.5, 0.6) is 0 Å². The van der Waals surface area contributed by atoms with Crippen LogP contribution >= 0.6 is 0 Å². The van der Waals surface area contributed by atoms with E-state index in [4.69, 9.17) is 0 Å². The van der Waals surface area contributed by atoms with Crippen molar-refractivity contribution in [3.63, 3.8) is 0 Å². The molecule has 0 amide bonds. The summed E-state index contributed by atoms with van der Waals surface area (Å²) in [7, 11) is 0. The number of rotatable bonds is 4. The Morgan fingerprint density at radius 3 is 2.70 bits per heavy atom. The first-order valence-corrected chi connectivity index (χ1v) is 3.54. The van der Waals surface area contributed by atoms with E-state index in [9.17, 15) is 0 Å². The van der Waals surface area contributed by atoms with Gasteiger partial charge in [0.15, 0.2) is 0 Å². The standard InChI is InChI=1S/C9H15N/c1-4-7-9(6-3)10-8-5-2/h4-5,7-8,10H,1,6H2,2-3H3/b8-5-,9-7-. The van der Waals surface area contributed by atoms with Gasteiger partial charge in [0.2, 0.25) is 0 Å². The Balaban J connectivity index is 3.82. The van der Waals surface area contributed by atoms with Gasteiger partial charge in [0.1, 0.15) is 0 Å². The normalized spacial score (nSPS) is 12.0. The van der Waals surface area contributed by atoms with Crippen molar-refractivity contribution >= 4 is 0 Å². The molecule has 0 rings (SSSR count). The molecule has 0 saturated heterocycles. The lowest BCUT2D eigenvalue weighted by Gasteiger charge is -2.00. The summed E-state index contributed by atoms with van der Waals surface area (Å²) in [6, 6.07) is 0. The second-order valence-corrected chi connectivity index (χ2v) is 1.93. The molecule has 0 aromatic carbocycles. The highest BCUT2D eigenvalue weighted by Crippen LogP contribution is 1.94. The maximum atomic E-state index is 3.62. The first-order chi connectivity index (χ1) is 4.85. The molecule has 1 N–H and O–H groups in total. The van der Waals surface area contributed by atoms with Gasteiger partial charge in [0.25, 0.3) is 0 Å². The molecule has 0 atom stereocenters. The molecule has 1 nitrogen and oxygen atoms in total. The van der Waals surface area contributed by atoms with Crippen LogP contribution in [0.2, 0.25) is 0 Å². The van der Waals surface area contributed by atoms with Crippen LogP contribution in [-0.4, -0.2) is 0 Å². The van der Waals surface area contributed by atoms with E-state index in [0.717, 1.165) is 6.42 Å². The zero-order valence-electron chi connectivity index (χ0n) is 6.72. The molecule has 0 unspecified atom stereocenters. The Hall–Kier alpha value is -0.980. The number of hydrogen-bond acceptors (Lipinski definition) is 1. The van der Waals surface area contributed by atoms with Crippen LogP contribution in [0.1, 0.15) is 20.3 Å². The number of allylic oxidation sites excluding steroid dienone is 4. The van der Waals surface area contributed by atoms with Crippen molar-refractivity contribution in [1.82, 2.24) is 5.32 Å². The first kappa shape index (κ1) is 9.02. The van der Waals surface area contributed by atoms with Crippen LogP contribution in [-0.2, 0) is 0 Å². The molecule has 10 heavy (non-hydrogen) atoms. The minimum absolute atomic E-state index is 1.01. The molecule has 0 aromatic heterocycles. The lowest BCUT2D eigenvalue weighted by atomic mass is 10.3. The van der Waals surface area contributed by atoms with Crippen molar-refractivity contribution < 1.29 is 0 Å². The summed E-state index contributed by atoms with van der Waals surface area (Å²) in [4.78, 5) is 0. The molecule has 1 heteroatoms. The van der Waals surface area contributed by atoms with E-state index in [1.165, 1.54) is 5.70 Å². The van der Waals surface area contributed by atoms with Crippen LogP contribution in [0.25, 0.3) is 0 Å². The van der Waals surface area contributed by atoms with Gasteiger partial charge < -0.3 is 5.32 Å². The Kier molecular flexibility index (Phi) is 5.54. The second-order valence-electron chi connectivity index (χ2n) is 1.93. The Labute approximate surface area is 63.1 Å². The fraction of sp³-hybridized carbons (Fsp3) is 0.333. The quantitative estimate of drug-likeness (QED) is 0.587. The van der Waals surface area contributed by atoms with Gasteiger partial charge in [-0.05, 0) is 25.6 Å². The Bertz CT molecular complexity index is 143. The monoisotopic (exact) mass is 137 g/mol. The number of nitrogens with one attached hydrogen (secondary N) is 1. The van der Waals surface area contributed by atoms with E-state index < -0.39 is 0 Å². The average Bonchev–Trinajstić information content (AvgIpc) is 1.98. The van der Waals surface area contributed by atoms with Crippen LogP contribution in [0.3, 0.4) is 0 Å². The molecule has 0 aliphatic heterocycles. The van der Waals surface area contributed by atoms with Crippen molar-refractivity contribution in [3.05, 3.63) is 36.7 Å². The fourth-order valence-corrected chi connectivity index (χ4v) is 0.601. The van der Waals surface area contributed by atoms with Crippen molar-refractivity contribution in [1.29, 1.82) is 0 Å². The third-order valence-electron chi connectivity index (χ3n) is 1.14. The third-order valence-corrected chi connectivity index (χ3v) is 1.14. The van der Waals surface area contributed by atoms with Crippen molar-refractivity contribution in [3.8, 4) is 0 Å². The van der Waals surface area contributed by atoms with Gasteiger partial charge in [0.05, 0.1) is 0 Å². The summed E-state index contributed by atoms with van der Waals surface area (Å²) < 4.78 is 0.